The quantitative estimate of drug-likeness (QED) is 0.521. The number of carbonyl (C=O) groups is 2. The molecule has 2 N–H and O–H groups in total. The van der Waals surface area contributed by atoms with Crippen LogP contribution in [0.25, 0.3) is 11.3 Å². The molecule has 3 aromatic rings. The van der Waals surface area contributed by atoms with E-state index in [1.54, 1.807) is 17.4 Å². The molecular weight excluding hydrogens is 442 g/mol. The average Bonchev–Trinajstić information content (AvgIpc) is 3.52. The first-order chi connectivity index (χ1) is 16.9. The van der Waals surface area contributed by atoms with Gasteiger partial charge in [-0.15, -0.1) is 0 Å². The number of aliphatic hydroxyl groups is 1. The van der Waals surface area contributed by atoms with E-state index in [0.717, 1.165) is 28.9 Å². The summed E-state index contributed by atoms with van der Waals surface area (Å²) in [6.07, 6.45) is 6.65. The molecule has 0 radical (unpaired) electrons. The normalized spacial score (nSPS) is 17.4. The van der Waals surface area contributed by atoms with Crippen LogP contribution in [0.5, 0.6) is 0 Å². The number of benzene rings is 1. The van der Waals surface area contributed by atoms with Gasteiger partial charge in [0.25, 0.3) is 0 Å². The zero-order valence-electron chi connectivity index (χ0n) is 20.5. The van der Waals surface area contributed by atoms with Crippen molar-refractivity contribution in [1.29, 1.82) is 0 Å². The minimum absolute atomic E-state index is 0.0446. The molecule has 184 valence electrons. The van der Waals surface area contributed by atoms with Gasteiger partial charge < -0.3 is 19.9 Å². The summed E-state index contributed by atoms with van der Waals surface area (Å²) in [4.78, 5) is 37.1. The van der Waals surface area contributed by atoms with Crippen LogP contribution in [0.2, 0.25) is 0 Å². The average molecular weight is 476 g/mol. The first-order valence-corrected chi connectivity index (χ1v) is 12.1. The predicted molar refractivity (Wildman–Crippen MR) is 133 cm³/mol. The van der Waals surface area contributed by atoms with E-state index in [4.69, 9.17) is 0 Å². The van der Waals surface area contributed by atoms with Crippen molar-refractivity contribution in [2.24, 2.45) is 5.92 Å². The molecule has 2 amide bonds. The van der Waals surface area contributed by atoms with Crippen LogP contribution in [0.1, 0.15) is 50.0 Å². The van der Waals surface area contributed by atoms with Gasteiger partial charge in [0.15, 0.2) is 0 Å². The lowest BCUT2D eigenvalue weighted by molar-refractivity contribution is -0.142. The number of imidazole rings is 1. The Kier molecular flexibility index (Phi) is 7.60. The van der Waals surface area contributed by atoms with E-state index >= 15 is 0 Å². The fourth-order valence-electron chi connectivity index (χ4n) is 4.74. The van der Waals surface area contributed by atoms with Crippen molar-refractivity contribution >= 4 is 11.8 Å². The third-order valence-electron chi connectivity index (χ3n) is 6.55. The molecule has 1 aliphatic rings. The van der Waals surface area contributed by atoms with Crippen LogP contribution in [0.4, 0.5) is 0 Å². The van der Waals surface area contributed by atoms with Crippen LogP contribution < -0.4 is 5.32 Å². The molecule has 1 aromatic carbocycles. The number of hydrogen-bond acceptors (Lipinski definition) is 5. The molecule has 1 saturated heterocycles. The van der Waals surface area contributed by atoms with Crippen LogP contribution in [0.15, 0.2) is 61.2 Å². The van der Waals surface area contributed by atoms with Crippen LogP contribution in [-0.4, -0.2) is 55.5 Å². The Morgan fingerprint density at radius 1 is 1.14 bits per heavy atom. The summed E-state index contributed by atoms with van der Waals surface area (Å²) in [6.45, 7) is 6.19. The molecule has 0 bridgehead atoms. The highest BCUT2D eigenvalue weighted by Gasteiger charge is 2.39. The van der Waals surface area contributed by atoms with Crippen molar-refractivity contribution in [3.63, 3.8) is 0 Å². The highest BCUT2D eigenvalue weighted by molar-refractivity contribution is 5.90. The molecule has 0 spiro atoms. The predicted octanol–water partition coefficient (Wildman–Crippen LogP) is 3.29. The molecular formula is C27H33N5O3. The summed E-state index contributed by atoms with van der Waals surface area (Å²) >= 11 is 0. The van der Waals surface area contributed by atoms with E-state index in [1.165, 1.54) is 0 Å². The maximum Gasteiger partial charge on any atom is 0.246 e. The molecule has 4 rings (SSSR count). The third kappa shape index (κ3) is 5.43. The Morgan fingerprint density at radius 2 is 1.91 bits per heavy atom. The van der Waals surface area contributed by atoms with Crippen LogP contribution in [0.3, 0.4) is 0 Å². The highest BCUT2D eigenvalue weighted by Crippen LogP contribution is 2.27. The number of rotatable bonds is 8. The minimum Gasteiger partial charge on any atom is -0.394 e. The largest absolute Gasteiger partial charge is 0.394 e. The molecule has 0 aliphatic carbocycles. The zero-order valence-corrected chi connectivity index (χ0v) is 20.5. The van der Waals surface area contributed by atoms with Crippen molar-refractivity contribution in [3.05, 3.63) is 72.4 Å². The van der Waals surface area contributed by atoms with Gasteiger partial charge in [-0.05, 0) is 43.4 Å². The molecule has 2 aromatic heterocycles. The molecule has 8 nitrogen and oxygen atoms in total. The Hall–Kier alpha value is -3.52. The topological polar surface area (TPSA) is 100 Å². The standard InChI is InChI=1S/C27H33N5O3/c1-18(2)25(31-15-19(3)29-17-31)27(35)32-14-6-8-24(32)26(34)30-23(16-33)21-11-9-20(10-12-21)22-7-4-5-13-28-22/h4-5,7,9-13,15,17-18,23-25,33H,6,8,14,16H2,1-3H3,(H,30,34)/t23-,24-,25-/m0/s1. The van der Waals surface area contributed by atoms with Crippen molar-refractivity contribution in [1.82, 2.24) is 24.8 Å². The molecule has 35 heavy (non-hydrogen) atoms. The highest BCUT2D eigenvalue weighted by atomic mass is 16.3. The van der Waals surface area contributed by atoms with Gasteiger partial charge in [-0.25, -0.2) is 4.98 Å². The molecule has 3 atom stereocenters. The number of likely N-dealkylation sites (tertiary alicyclic amines) is 1. The lowest BCUT2D eigenvalue weighted by atomic mass is 10.0. The zero-order chi connectivity index (χ0) is 24.9. The Morgan fingerprint density at radius 3 is 2.51 bits per heavy atom. The Balaban J connectivity index is 1.47. The number of aryl methyl sites for hydroxylation is 1. The van der Waals surface area contributed by atoms with Crippen LogP contribution >= 0.6 is 0 Å². The van der Waals surface area contributed by atoms with Gasteiger partial charge in [0.05, 0.1) is 30.4 Å². The van der Waals surface area contributed by atoms with Crippen molar-refractivity contribution < 1.29 is 14.7 Å². The fourth-order valence-corrected chi connectivity index (χ4v) is 4.74. The van der Waals surface area contributed by atoms with Crippen molar-refractivity contribution in [2.75, 3.05) is 13.2 Å². The summed E-state index contributed by atoms with van der Waals surface area (Å²) in [5, 5.41) is 13.0. The molecule has 8 heteroatoms. The van der Waals surface area contributed by atoms with Crippen molar-refractivity contribution in [2.45, 2.75) is 51.7 Å². The van der Waals surface area contributed by atoms with E-state index in [0.29, 0.717) is 13.0 Å². The number of carbonyl (C=O) groups excluding carboxylic acids is 2. The summed E-state index contributed by atoms with van der Waals surface area (Å²) in [6, 6.07) is 11.8. The smallest absolute Gasteiger partial charge is 0.246 e. The molecule has 1 fully saturated rings. The molecule has 1 aliphatic heterocycles. The number of hydrogen-bond donors (Lipinski definition) is 2. The second-order valence-corrected chi connectivity index (χ2v) is 9.42. The lowest BCUT2D eigenvalue weighted by Gasteiger charge is -2.31. The van der Waals surface area contributed by atoms with Gasteiger partial charge >= 0.3 is 0 Å². The second-order valence-electron chi connectivity index (χ2n) is 9.42. The molecule has 3 heterocycles. The number of nitrogens with zero attached hydrogens (tertiary/aromatic N) is 4. The van der Waals surface area contributed by atoms with Gasteiger partial charge in [-0.3, -0.25) is 14.6 Å². The SMILES string of the molecule is Cc1cn([C@H](C(=O)N2CCC[C@H]2C(=O)N[C@@H](CO)c2ccc(-c3ccccn3)cc2)C(C)C)cn1. The Labute approximate surface area is 206 Å². The maximum atomic E-state index is 13.6. The number of amides is 2. The van der Waals surface area contributed by atoms with Crippen molar-refractivity contribution in [3.8, 4) is 11.3 Å². The van der Waals surface area contributed by atoms with Crippen LogP contribution in [-0.2, 0) is 9.59 Å². The number of aromatic nitrogens is 3. The summed E-state index contributed by atoms with van der Waals surface area (Å²) in [7, 11) is 0. The summed E-state index contributed by atoms with van der Waals surface area (Å²) in [5.41, 5.74) is 3.46. The first kappa shape index (κ1) is 24.6. The first-order valence-electron chi connectivity index (χ1n) is 12.1. The van der Waals surface area contributed by atoms with E-state index < -0.39 is 18.1 Å². The second kappa shape index (κ2) is 10.8. The van der Waals surface area contributed by atoms with Gasteiger partial charge in [0, 0.05) is 24.5 Å². The van der Waals surface area contributed by atoms with E-state index in [2.05, 4.69) is 15.3 Å². The third-order valence-corrected chi connectivity index (χ3v) is 6.55. The van der Waals surface area contributed by atoms with Gasteiger partial charge in [-0.1, -0.05) is 44.2 Å². The van der Waals surface area contributed by atoms with Gasteiger partial charge in [0.1, 0.15) is 12.1 Å². The monoisotopic (exact) mass is 475 g/mol. The van der Waals surface area contributed by atoms with E-state index in [-0.39, 0.29) is 24.3 Å². The number of nitrogens with one attached hydrogen (secondary N) is 1. The van der Waals surface area contributed by atoms with E-state index in [9.17, 15) is 14.7 Å². The minimum atomic E-state index is -0.560. The molecule has 0 saturated carbocycles. The summed E-state index contributed by atoms with van der Waals surface area (Å²) < 4.78 is 1.84. The van der Waals surface area contributed by atoms with Gasteiger partial charge in [-0.2, -0.15) is 0 Å². The van der Waals surface area contributed by atoms with E-state index in [1.807, 2.05) is 74.0 Å². The van der Waals surface area contributed by atoms with Crippen LogP contribution in [0, 0.1) is 12.8 Å². The van der Waals surface area contributed by atoms with Gasteiger partial charge in [0.2, 0.25) is 11.8 Å². The fraction of sp³-hybridized carbons (Fsp3) is 0.407. The maximum absolute atomic E-state index is 13.6. The number of aliphatic hydroxyl groups excluding tert-OH is 1. The number of pyridine rings is 1. The summed E-state index contributed by atoms with van der Waals surface area (Å²) in [5.74, 6) is -0.272. The lowest BCUT2D eigenvalue weighted by Crippen LogP contribution is -2.49. The molecule has 0 unspecified atom stereocenters. The Bertz CT molecular complexity index is 1140.